The van der Waals surface area contributed by atoms with Crippen molar-refractivity contribution in [3.05, 3.63) is 28.8 Å². The first-order valence-electron chi connectivity index (χ1n) is 6.76. The summed E-state index contributed by atoms with van der Waals surface area (Å²) in [5.41, 5.74) is 12.1. The summed E-state index contributed by atoms with van der Waals surface area (Å²) in [5.74, 6) is 2.47. The Hall–Kier alpha value is -0.980. The lowest BCUT2D eigenvalue weighted by molar-refractivity contribution is 1.03. The largest absolute Gasteiger partial charge is 0.398 e. The maximum absolute atomic E-state index is 6.35. The van der Waals surface area contributed by atoms with Crippen LogP contribution in [0.1, 0.15) is 73.0 Å². The zero-order chi connectivity index (χ0) is 10.7. The molecule has 3 aliphatic rings. The molecule has 3 fully saturated rings. The molecule has 0 aromatic heterocycles. The van der Waals surface area contributed by atoms with E-state index in [-0.39, 0.29) is 0 Å². The highest BCUT2D eigenvalue weighted by Crippen LogP contribution is 2.52. The van der Waals surface area contributed by atoms with Gasteiger partial charge < -0.3 is 5.73 Å². The fourth-order valence-electron chi connectivity index (χ4n) is 2.84. The molecule has 0 amide bonds. The van der Waals surface area contributed by atoms with Crippen LogP contribution in [0.5, 0.6) is 0 Å². The maximum atomic E-state index is 6.35. The molecule has 0 unspecified atom stereocenters. The third-order valence-electron chi connectivity index (χ3n) is 4.35. The summed E-state index contributed by atoms with van der Waals surface area (Å²) in [7, 11) is 0. The molecule has 1 heteroatoms. The van der Waals surface area contributed by atoms with Gasteiger partial charge in [-0.1, -0.05) is 12.1 Å². The Labute approximate surface area is 97.0 Å². The van der Waals surface area contributed by atoms with E-state index in [1.165, 1.54) is 49.7 Å². The van der Waals surface area contributed by atoms with E-state index in [0.29, 0.717) is 0 Å². The molecule has 1 aromatic rings. The van der Waals surface area contributed by atoms with Crippen LogP contribution in [0.2, 0.25) is 0 Å². The summed E-state index contributed by atoms with van der Waals surface area (Å²) in [6.45, 7) is 0. The van der Waals surface area contributed by atoms with Gasteiger partial charge in [-0.25, -0.2) is 0 Å². The smallest absolute Gasteiger partial charge is 0.0385 e. The molecular weight excluding hydrogens is 194 g/mol. The lowest BCUT2D eigenvalue weighted by atomic mass is 9.95. The molecule has 16 heavy (non-hydrogen) atoms. The van der Waals surface area contributed by atoms with Gasteiger partial charge >= 0.3 is 0 Å². The predicted octanol–water partition coefficient (Wildman–Crippen LogP) is 3.90. The Balaban J connectivity index is 1.83. The molecule has 84 valence electrons. The van der Waals surface area contributed by atoms with Crippen molar-refractivity contribution in [3.63, 3.8) is 0 Å². The topological polar surface area (TPSA) is 26.0 Å². The molecular formula is C15H19N. The van der Waals surface area contributed by atoms with Gasteiger partial charge in [-0.05, 0) is 73.0 Å². The molecule has 0 atom stereocenters. The normalized spacial score (nSPS) is 24.8. The zero-order valence-corrected chi connectivity index (χ0v) is 9.71. The van der Waals surface area contributed by atoms with Crippen LogP contribution >= 0.6 is 0 Å². The van der Waals surface area contributed by atoms with Crippen LogP contribution in [0.4, 0.5) is 5.69 Å². The van der Waals surface area contributed by atoms with Gasteiger partial charge in [0.1, 0.15) is 0 Å². The molecule has 0 radical (unpaired) electrons. The fraction of sp³-hybridized carbons (Fsp3) is 0.600. The van der Waals surface area contributed by atoms with Crippen molar-refractivity contribution in [1.82, 2.24) is 0 Å². The fourth-order valence-corrected chi connectivity index (χ4v) is 2.84. The standard InChI is InChI=1S/C15H19N/c16-15-13(10-3-4-10)7-12(9-1-2-9)8-14(15)11-5-6-11/h7-11H,1-6,16H2. The number of benzene rings is 1. The highest BCUT2D eigenvalue weighted by atomic mass is 14.6. The van der Waals surface area contributed by atoms with Crippen LogP contribution in [0, 0.1) is 0 Å². The SMILES string of the molecule is Nc1c(C2CC2)cc(C2CC2)cc1C1CC1. The summed E-state index contributed by atoms with van der Waals surface area (Å²) in [6, 6.07) is 4.85. The van der Waals surface area contributed by atoms with Gasteiger partial charge in [0.15, 0.2) is 0 Å². The number of anilines is 1. The molecule has 0 saturated heterocycles. The van der Waals surface area contributed by atoms with Crippen LogP contribution in [0.15, 0.2) is 12.1 Å². The minimum Gasteiger partial charge on any atom is -0.398 e. The van der Waals surface area contributed by atoms with E-state index < -0.39 is 0 Å². The first-order chi connectivity index (χ1) is 7.83. The van der Waals surface area contributed by atoms with E-state index >= 15 is 0 Å². The molecule has 0 heterocycles. The third kappa shape index (κ3) is 1.45. The average molecular weight is 213 g/mol. The summed E-state index contributed by atoms with van der Waals surface area (Å²) in [6.07, 6.45) is 8.26. The van der Waals surface area contributed by atoms with Gasteiger partial charge in [0.2, 0.25) is 0 Å². The van der Waals surface area contributed by atoms with Crippen molar-refractivity contribution in [3.8, 4) is 0 Å². The van der Waals surface area contributed by atoms with Gasteiger partial charge in [-0.15, -0.1) is 0 Å². The summed E-state index contributed by atoms with van der Waals surface area (Å²) in [4.78, 5) is 0. The second-order valence-electron chi connectivity index (χ2n) is 5.94. The lowest BCUT2D eigenvalue weighted by Gasteiger charge is -2.13. The van der Waals surface area contributed by atoms with Crippen molar-refractivity contribution < 1.29 is 0 Å². The van der Waals surface area contributed by atoms with Crippen LogP contribution in [-0.4, -0.2) is 0 Å². The average Bonchev–Trinajstić information content (AvgIpc) is 3.16. The van der Waals surface area contributed by atoms with Crippen molar-refractivity contribution >= 4 is 5.69 Å². The summed E-state index contributed by atoms with van der Waals surface area (Å²) < 4.78 is 0. The Kier molecular flexibility index (Phi) is 1.72. The Morgan fingerprint density at radius 2 is 1.19 bits per heavy atom. The molecule has 0 aliphatic heterocycles. The Morgan fingerprint density at radius 3 is 1.56 bits per heavy atom. The van der Waals surface area contributed by atoms with Gasteiger partial charge in [0.05, 0.1) is 0 Å². The maximum Gasteiger partial charge on any atom is 0.0385 e. The van der Waals surface area contributed by atoms with E-state index in [0.717, 1.165) is 23.4 Å². The second kappa shape index (κ2) is 3.03. The molecule has 1 nitrogen and oxygen atoms in total. The van der Waals surface area contributed by atoms with Crippen molar-refractivity contribution in [2.75, 3.05) is 5.73 Å². The van der Waals surface area contributed by atoms with Crippen LogP contribution in [0.3, 0.4) is 0 Å². The highest BCUT2D eigenvalue weighted by Gasteiger charge is 2.34. The van der Waals surface area contributed by atoms with Gasteiger partial charge in [0.25, 0.3) is 0 Å². The van der Waals surface area contributed by atoms with Crippen molar-refractivity contribution in [1.29, 1.82) is 0 Å². The zero-order valence-electron chi connectivity index (χ0n) is 9.71. The quantitative estimate of drug-likeness (QED) is 0.757. The second-order valence-corrected chi connectivity index (χ2v) is 5.94. The Bertz CT molecular complexity index is 404. The van der Waals surface area contributed by atoms with Crippen molar-refractivity contribution in [2.24, 2.45) is 0 Å². The van der Waals surface area contributed by atoms with E-state index in [9.17, 15) is 0 Å². The van der Waals surface area contributed by atoms with E-state index in [2.05, 4.69) is 12.1 Å². The first-order valence-corrected chi connectivity index (χ1v) is 6.76. The minimum atomic E-state index is 0.802. The monoisotopic (exact) mass is 213 g/mol. The molecule has 3 saturated carbocycles. The molecule has 2 N–H and O–H groups in total. The van der Waals surface area contributed by atoms with Crippen LogP contribution in [-0.2, 0) is 0 Å². The molecule has 1 aromatic carbocycles. The van der Waals surface area contributed by atoms with E-state index in [1.54, 1.807) is 5.56 Å². The Morgan fingerprint density at radius 1 is 0.750 bits per heavy atom. The third-order valence-corrected chi connectivity index (χ3v) is 4.35. The minimum absolute atomic E-state index is 0.802. The number of nitrogens with two attached hydrogens (primary N) is 1. The number of rotatable bonds is 3. The van der Waals surface area contributed by atoms with Crippen LogP contribution < -0.4 is 5.73 Å². The molecule has 4 rings (SSSR count). The van der Waals surface area contributed by atoms with E-state index in [4.69, 9.17) is 5.73 Å². The highest BCUT2D eigenvalue weighted by molar-refractivity contribution is 5.61. The number of hydrogen-bond acceptors (Lipinski definition) is 1. The molecule has 3 aliphatic carbocycles. The van der Waals surface area contributed by atoms with Crippen molar-refractivity contribution in [2.45, 2.75) is 56.3 Å². The van der Waals surface area contributed by atoms with Gasteiger partial charge in [-0.3, -0.25) is 0 Å². The number of hydrogen-bond donors (Lipinski definition) is 1. The lowest BCUT2D eigenvalue weighted by Crippen LogP contribution is -2.00. The number of nitrogen functional groups attached to an aromatic ring is 1. The van der Waals surface area contributed by atoms with Crippen LogP contribution in [0.25, 0.3) is 0 Å². The predicted molar refractivity (Wildman–Crippen MR) is 66.8 cm³/mol. The molecule has 0 bridgehead atoms. The summed E-state index contributed by atoms with van der Waals surface area (Å²) >= 11 is 0. The summed E-state index contributed by atoms with van der Waals surface area (Å²) in [5, 5.41) is 0. The molecule has 0 spiro atoms. The van der Waals surface area contributed by atoms with E-state index in [1.807, 2.05) is 0 Å². The van der Waals surface area contributed by atoms with Gasteiger partial charge in [0, 0.05) is 5.69 Å². The first kappa shape index (κ1) is 9.09. The van der Waals surface area contributed by atoms with Gasteiger partial charge in [-0.2, -0.15) is 0 Å².